The van der Waals surface area contributed by atoms with Gasteiger partial charge in [0.2, 0.25) is 5.43 Å². The normalized spacial score (nSPS) is 11.1. The predicted molar refractivity (Wildman–Crippen MR) is 93.0 cm³/mol. The Kier molecular flexibility index (Phi) is 4.73. The van der Waals surface area contributed by atoms with E-state index in [1.807, 2.05) is 0 Å². The number of rotatable bonds is 4. The van der Waals surface area contributed by atoms with Crippen molar-refractivity contribution in [2.24, 2.45) is 0 Å². The first-order chi connectivity index (χ1) is 12.7. The molecule has 3 aromatic rings. The lowest BCUT2D eigenvalue weighted by Crippen LogP contribution is -2.28. The zero-order valence-electron chi connectivity index (χ0n) is 13.5. The molecule has 0 aliphatic carbocycles. The van der Waals surface area contributed by atoms with Gasteiger partial charge >= 0.3 is 5.97 Å². The van der Waals surface area contributed by atoms with Crippen molar-refractivity contribution in [3.8, 4) is 5.75 Å². The maximum Gasteiger partial charge on any atom is 0.341 e. The van der Waals surface area contributed by atoms with E-state index in [2.05, 4.69) is 0 Å². The Hall–Kier alpha value is -3.17. The lowest BCUT2D eigenvalue weighted by molar-refractivity contribution is 0.0694. The third-order valence-electron chi connectivity index (χ3n) is 3.99. The molecule has 0 saturated heterocycles. The summed E-state index contributed by atoms with van der Waals surface area (Å²) in [5.41, 5.74) is -2.74. The van der Waals surface area contributed by atoms with Gasteiger partial charge < -0.3 is 24.3 Å². The summed E-state index contributed by atoms with van der Waals surface area (Å²) in [6.07, 6.45) is 2.11. The van der Waals surface area contributed by atoms with Crippen molar-refractivity contribution < 1.29 is 24.5 Å². The standard InChI is InChI=1S/C17H12ClFN2O6/c18-11-3-8(1-2-12(11)19)4-20-5-9(7-22)21-6-10(17(26)27)14(23)15(24)13(21)16(20)25/h1-3,5-6,22,24H,4,7H2,(H,26,27). The highest BCUT2D eigenvalue weighted by Crippen LogP contribution is 2.18. The lowest BCUT2D eigenvalue weighted by atomic mass is 10.2. The van der Waals surface area contributed by atoms with Gasteiger partial charge in [-0.25, -0.2) is 9.18 Å². The number of aromatic nitrogens is 2. The first-order valence-electron chi connectivity index (χ1n) is 7.53. The molecule has 3 N–H and O–H groups in total. The highest BCUT2D eigenvalue weighted by molar-refractivity contribution is 6.30. The van der Waals surface area contributed by atoms with Crippen LogP contribution in [0.5, 0.6) is 5.75 Å². The molecule has 0 unspecified atom stereocenters. The average molecular weight is 395 g/mol. The second-order valence-corrected chi connectivity index (χ2v) is 6.11. The molecule has 0 bridgehead atoms. The van der Waals surface area contributed by atoms with Gasteiger partial charge in [0.25, 0.3) is 5.56 Å². The van der Waals surface area contributed by atoms with Gasteiger partial charge in [0, 0.05) is 12.4 Å². The van der Waals surface area contributed by atoms with E-state index in [9.17, 15) is 29.0 Å². The van der Waals surface area contributed by atoms with Gasteiger partial charge in [0.05, 0.1) is 23.9 Å². The van der Waals surface area contributed by atoms with E-state index in [1.165, 1.54) is 18.3 Å². The van der Waals surface area contributed by atoms with Crippen molar-refractivity contribution in [3.05, 3.63) is 78.8 Å². The quantitative estimate of drug-likeness (QED) is 0.611. The van der Waals surface area contributed by atoms with Crippen LogP contribution in [0.4, 0.5) is 4.39 Å². The predicted octanol–water partition coefficient (Wildman–Crippen LogP) is 1.20. The number of carboxylic acid groups (broad SMARTS) is 1. The Bertz CT molecular complexity index is 1200. The van der Waals surface area contributed by atoms with E-state index in [-0.39, 0.29) is 17.3 Å². The molecule has 0 aliphatic heterocycles. The number of benzene rings is 1. The maximum atomic E-state index is 13.3. The van der Waals surface area contributed by atoms with Crippen LogP contribution < -0.4 is 11.0 Å². The largest absolute Gasteiger partial charge is 0.503 e. The van der Waals surface area contributed by atoms with Crippen LogP contribution in [0.3, 0.4) is 0 Å². The Morgan fingerprint density at radius 1 is 1.22 bits per heavy atom. The minimum atomic E-state index is -1.58. The fraction of sp³-hybridized carbons (Fsp3) is 0.118. The lowest BCUT2D eigenvalue weighted by Gasteiger charge is -2.14. The van der Waals surface area contributed by atoms with E-state index in [0.29, 0.717) is 5.56 Å². The third-order valence-corrected chi connectivity index (χ3v) is 4.28. The number of hydrogen-bond acceptors (Lipinski definition) is 5. The SMILES string of the molecule is O=C(O)c1cn2c(CO)cn(Cc3ccc(F)c(Cl)c3)c(=O)c2c(O)c1=O. The smallest absolute Gasteiger partial charge is 0.341 e. The number of aliphatic hydroxyl groups excluding tert-OH is 1. The maximum absolute atomic E-state index is 13.3. The second-order valence-electron chi connectivity index (χ2n) is 5.70. The number of fused-ring (bicyclic) bond motifs is 1. The fourth-order valence-corrected chi connectivity index (χ4v) is 2.89. The molecule has 0 radical (unpaired) electrons. The molecule has 140 valence electrons. The Morgan fingerprint density at radius 3 is 2.52 bits per heavy atom. The summed E-state index contributed by atoms with van der Waals surface area (Å²) in [6, 6.07) is 3.83. The number of carbonyl (C=O) groups is 1. The third kappa shape index (κ3) is 3.18. The van der Waals surface area contributed by atoms with E-state index in [4.69, 9.17) is 16.7 Å². The number of nitrogens with zero attached hydrogens (tertiary/aromatic N) is 2. The first kappa shape index (κ1) is 18.6. The molecule has 0 spiro atoms. The van der Waals surface area contributed by atoms with E-state index < -0.39 is 46.2 Å². The van der Waals surface area contributed by atoms with Crippen LogP contribution in [0.25, 0.3) is 5.52 Å². The Labute approximate surface area is 154 Å². The van der Waals surface area contributed by atoms with E-state index in [1.54, 1.807) is 0 Å². The molecular formula is C17H12ClFN2O6. The summed E-state index contributed by atoms with van der Waals surface area (Å²) in [6.45, 7) is -0.695. The number of aromatic hydroxyl groups is 1. The molecule has 0 aliphatic rings. The highest BCUT2D eigenvalue weighted by Gasteiger charge is 2.20. The molecule has 10 heteroatoms. The second kappa shape index (κ2) is 6.86. The fourth-order valence-electron chi connectivity index (χ4n) is 2.69. The van der Waals surface area contributed by atoms with Gasteiger partial charge in [-0.2, -0.15) is 0 Å². The molecule has 0 atom stereocenters. The van der Waals surface area contributed by atoms with Crippen molar-refractivity contribution in [1.82, 2.24) is 8.97 Å². The molecule has 1 aromatic carbocycles. The molecule has 2 heterocycles. The van der Waals surface area contributed by atoms with Crippen LogP contribution >= 0.6 is 11.6 Å². The summed E-state index contributed by atoms with van der Waals surface area (Å²) >= 11 is 5.72. The number of hydrogen-bond donors (Lipinski definition) is 3. The molecule has 8 nitrogen and oxygen atoms in total. The van der Waals surface area contributed by atoms with Crippen LogP contribution in [-0.2, 0) is 13.2 Å². The molecule has 27 heavy (non-hydrogen) atoms. The van der Waals surface area contributed by atoms with Crippen molar-refractivity contribution in [2.45, 2.75) is 13.2 Å². The summed E-state index contributed by atoms with van der Waals surface area (Å²) in [5, 5.41) is 28.6. The van der Waals surface area contributed by atoms with Crippen molar-refractivity contribution in [1.29, 1.82) is 0 Å². The van der Waals surface area contributed by atoms with Gasteiger partial charge in [-0.3, -0.25) is 9.59 Å². The average Bonchev–Trinajstić information content (AvgIpc) is 2.62. The minimum Gasteiger partial charge on any atom is -0.503 e. The Morgan fingerprint density at radius 2 is 1.93 bits per heavy atom. The molecule has 0 saturated carbocycles. The van der Waals surface area contributed by atoms with Gasteiger partial charge in [-0.1, -0.05) is 17.7 Å². The topological polar surface area (TPSA) is 121 Å². The van der Waals surface area contributed by atoms with Crippen LogP contribution in [0, 0.1) is 5.82 Å². The van der Waals surface area contributed by atoms with Crippen molar-refractivity contribution in [2.75, 3.05) is 0 Å². The van der Waals surface area contributed by atoms with Gasteiger partial charge in [-0.15, -0.1) is 0 Å². The van der Waals surface area contributed by atoms with Crippen molar-refractivity contribution >= 4 is 23.1 Å². The van der Waals surface area contributed by atoms with Crippen LogP contribution in [0.2, 0.25) is 5.02 Å². The van der Waals surface area contributed by atoms with Crippen LogP contribution in [0.15, 0.2) is 40.2 Å². The number of aromatic carboxylic acids is 1. The van der Waals surface area contributed by atoms with Gasteiger partial charge in [0.15, 0.2) is 11.3 Å². The number of aliphatic hydroxyl groups is 1. The zero-order valence-corrected chi connectivity index (χ0v) is 14.3. The molecular weight excluding hydrogens is 383 g/mol. The summed E-state index contributed by atoms with van der Waals surface area (Å²) in [5.74, 6) is -3.26. The number of halogens is 2. The van der Waals surface area contributed by atoms with Crippen molar-refractivity contribution in [3.63, 3.8) is 0 Å². The highest BCUT2D eigenvalue weighted by atomic mass is 35.5. The molecule has 3 rings (SSSR count). The summed E-state index contributed by atoms with van der Waals surface area (Å²) in [4.78, 5) is 35.9. The summed E-state index contributed by atoms with van der Waals surface area (Å²) in [7, 11) is 0. The zero-order chi connectivity index (χ0) is 19.9. The summed E-state index contributed by atoms with van der Waals surface area (Å²) < 4.78 is 15.3. The first-order valence-corrected chi connectivity index (χ1v) is 7.91. The number of pyridine rings is 1. The minimum absolute atomic E-state index is 0.0515. The molecule has 0 amide bonds. The van der Waals surface area contributed by atoms with E-state index >= 15 is 0 Å². The van der Waals surface area contributed by atoms with Gasteiger partial charge in [0.1, 0.15) is 11.4 Å². The van der Waals surface area contributed by atoms with Crippen LogP contribution in [-0.4, -0.2) is 30.3 Å². The van der Waals surface area contributed by atoms with E-state index in [0.717, 1.165) is 21.2 Å². The number of carboxylic acids is 1. The molecule has 2 aromatic heterocycles. The Balaban J connectivity index is 2.28. The van der Waals surface area contributed by atoms with Gasteiger partial charge in [-0.05, 0) is 17.7 Å². The molecule has 0 fully saturated rings. The monoisotopic (exact) mass is 394 g/mol. The van der Waals surface area contributed by atoms with Crippen LogP contribution in [0.1, 0.15) is 21.6 Å².